The van der Waals surface area contributed by atoms with Crippen LogP contribution in [0, 0.1) is 0 Å². The van der Waals surface area contributed by atoms with Gasteiger partial charge in [-0.15, -0.1) is 0 Å². The van der Waals surface area contributed by atoms with E-state index in [-0.39, 0.29) is 17.4 Å². The summed E-state index contributed by atoms with van der Waals surface area (Å²) >= 11 is 0. The number of aromatic carboxylic acids is 1. The van der Waals surface area contributed by atoms with Gasteiger partial charge in [-0.25, -0.2) is 4.79 Å². The van der Waals surface area contributed by atoms with Gasteiger partial charge in [0.25, 0.3) is 0 Å². The van der Waals surface area contributed by atoms with Crippen LogP contribution >= 0.6 is 0 Å². The molecule has 0 spiro atoms. The summed E-state index contributed by atoms with van der Waals surface area (Å²) in [6.45, 7) is 0. The number of nitrogens with zero attached hydrogens (tertiary/aromatic N) is 1. The van der Waals surface area contributed by atoms with Crippen LogP contribution in [0.1, 0.15) is 27.4 Å². The Hall–Kier alpha value is -2.62. The third-order valence-corrected chi connectivity index (χ3v) is 3.98. The number of carbonyl (C=O) groups is 2. The number of amides is 1. The van der Waals surface area contributed by atoms with Crippen molar-refractivity contribution in [1.29, 1.82) is 0 Å². The average molecular weight is 281 g/mol. The number of carbonyl (C=O) groups excluding carboxylic acids is 1. The molecule has 0 bridgehead atoms. The van der Waals surface area contributed by atoms with Gasteiger partial charge in [-0.2, -0.15) is 0 Å². The predicted octanol–water partition coefficient (Wildman–Crippen LogP) is 2.69. The van der Waals surface area contributed by atoms with Crippen LogP contribution in [0.4, 0.5) is 5.69 Å². The number of carboxylic acids is 1. The molecule has 1 aliphatic carbocycles. The molecule has 0 saturated carbocycles. The molecule has 0 saturated heterocycles. The highest BCUT2D eigenvalue weighted by molar-refractivity contribution is 6.04. The predicted molar refractivity (Wildman–Crippen MR) is 79.7 cm³/mol. The van der Waals surface area contributed by atoms with Crippen molar-refractivity contribution in [2.24, 2.45) is 0 Å². The Bertz CT molecular complexity index is 723. The fraction of sp³-hybridized carbons (Fsp3) is 0.176. The van der Waals surface area contributed by atoms with E-state index in [0.29, 0.717) is 12.1 Å². The maximum atomic E-state index is 12.6. The number of rotatable bonds is 3. The van der Waals surface area contributed by atoms with Crippen molar-refractivity contribution in [3.05, 3.63) is 65.2 Å². The molecule has 2 aromatic rings. The first-order valence-electron chi connectivity index (χ1n) is 6.77. The number of likely N-dealkylation sites (N-methyl/N-ethyl adjacent to an activating group) is 1. The van der Waals surface area contributed by atoms with Crippen LogP contribution in [0.25, 0.3) is 0 Å². The normalized spacial score (nSPS) is 15.8. The molecule has 1 aliphatic rings. The lowest BCUT2D eigenvalue weighted by molar-refractivity contribution is -0.120. The van der Waals surface area contributed by atoms with Crippen LogP contribution in [0.3, 0.4) is 0 Å². The minimum atomic E-state index is -1.03. The third kappa shape index (κ3) is 2.18. The molecule has 4 heteroatoms. The summed E-state index contributed by atoms with van der Waals surface area (Å²) in [5, 5.41) is 9.23. The molecule has 106 valence electrons. The Morgan fingerprint density at radius 1 is 1.10 bits per heavy atom. The molecule has 0 heterocycles. The molecule has 0 fully saturated rings. The van der Waals surface area contributed by atoms with Crippen LogP contribution in [0.5, 0.6) is 0 Å². The topological polar surface area (TPSA) is 57.6 Å². The van der Waals surface area contributed by atoms with Gasteiger partial charge < -0.3 is 10.0 Å². The zero-order valence-electron chi connectivity index (χ0n) is 11.6. The van der Waals surface area contributed by atoms with E-state index in [4.69, 9.17) is 0 Å². The second kappa shape index (κ2) is 5.05. The van der Waals surface area contributed by atoms with Crippen molar-refractivity contribution in [3.8, 4) is 0 Å². The molecule has 4 nitrogen and oxygen atoms in total. The second-order valence-electron chi connectivity index (χ2n) is 5.18. The van der Waals surface area contributed by atoms with Gasteiger partial charge in [0.05, 0.1) is 17.2 Å². The zero-order valence-corrected chi connectivity index (χ0v) is 11.6. The monoisotopic (exact) mass is 281 g/mol. The minimum absolute atomic E-state index is 0.0672. The van der Waals surface area contributed by atoms with Gasteiger partial charge in [0.15, 0.2) is 0 Å². The largest absolute Gasteiger partial charge is 0.478 e. The fourth-order valence-corrected chi connectivity index (χ4v) is 2.78. The number of carboxylic acid groups (broad SMARTS) is 1. The van der Waals surface area contributed by atoms with Gasteiger partial charge >= 0.3 is 5.97 Å². The average Bonchev–Trinajstić information content (AvgIpc) is 2.47. The standard InChI is InChI=1S/C17H15NO3/c1-18(15-9-5-4-8-13(15)17(20)21)16(19)14-10-11-6-2-3-7-12(11)14/h2-9,14H,10H2,1H3,(H,20,21). The summed E-state index contributed by atoms with van der Waals surface area (Å²) in [5.41, 5.74) is 2.80. The van der Waals surface area contributed by atoms with Crippen molar-refractivity contribution in [2.45, 2.75) is 12.3 Å². The number of benzene rings is 2. The van der Waals surface area contributed by atoms with E-state index in [1.807, 2.05) is 24.3 Å². The van der Waals surface area contributed by atoms with E-state index in [1.165, 1.54) is 16.5 Å². The highest BCUT2D eigenvalue weighted by Crippen LogP contribution is 2.37. The quantitative estimate of drug-likeness (QED) is 0.941. The van der Waals surface area contributed by atoms with Crippen LogP contribution in [-0.2, 0) is 11.2 Å². The fourth-order valence-electron chi connectivity index (χ4n) is 2.78. The summed E-state index contributed by atoms with van der Waals surface area (Å²) in [7, 11) is 1.63. The Morgan fingerprint density at radius 3 is 2.48 bits per heavy atom. The zero-order chi connectivity index (χ0) is 15.0. The summed E-state index contributed by atoms with van der Waals surface area (Å²) < 4.78 is 0. The smallest absolute Gasteiger partial charge is 0.337 e. The van der Waals surface area contributed by atoms with E-state index >= 15 is 0 Å². The Labute approximate surface area is 122 Å². The van der Waals surface area contributed by atoms with Crippen LogP contribution in [0.2, 0.25) is 0 Å². The first-order valence-corrected chi connectivity index (χ1v) is 6.77. The van der Waals surface area contributed by atoms with Gasteiger partial charge in [-0.05, 0) is 29.7 Å². The van der Waals surface area contributed by atoms with E-state index in [9.17, 15) is 14.7 Å². The van der Waals surface area contributed by atoms with Crippen LogP contribution in [-0.4, -0.2) is 24.0 Å². The summed E-state index contributed by atoms with van der Waals surface area (Å²) in [6.07, 6.45) is 0.717. The molecule has 1 atom stereocenters. The summed E-state index contributed by atoms with van der Waals surface area (Å²) in [5.74, 6) is -1.27. The molecule has 0 aromatic heterocycles. The van der Waals surface area contributed by atoms with Crippen molar-refractivity contribution in [1.82, 2.24) is 0 Å². The van der Waals surface area contributed by atoms with E-state index < -0.39 is 5.97 Å². The molecule has 0 radical (unpaired) electrons. The first kappa shape index (κ1) is 13.4. The lowest BCUT2D eigenvalue weighted by Gasteiger charge is -2.32. The Kier molecular flexibility index (Phi) is 3.22. The van der Waals surface area contributed by atoms with Gasteiger partial charge in [0.2, 0.25) is 5.91 Å². The maximum absolute atomic E-state index is 12.6. The molecule has 1 N–H and O–H groups in total. The van der Waals surface area contributed by atoms with Crippen molar-refractivity contribution in [2.75, 3.05) is 11.9 Å². The van der Waals surface area contributed by atoms with Crippen LogP contribution in [0.15, 0.2) is 48.5 Å². The lowest BCUT2D eigenvalue weighted by atomic mass is 9.77. The Morgan fingerprint density at radius 2 is 1.76 bits per heavy atom. The molecule has 21 heavy (non-hydrogen) atoms. The molecule has 2 aromatic carbocycles. The minimum Gasteiger partial charge on any atom is -0.478 e. The Balaban J connectivity index is 1.89. The molecule has 1 unspecified atom stereocenters. The van der Waals surface area contributed by atoms with Gasteiger partial charge in [0, 0.05) is 7.05 Å². The molecular formula is C17H15NO3. The molecule has 3 rings (SSSR count). The number of hydrogen-bond acceptors (Lipinski definition) is 2. The van der Waals surface area contributed by atoms with Crippen molar-refractivity contribution < 1.29 is 14.7 Å². The molecule has 1 amide bonds. The highest BCUT2D eigenvalue weighted by Gasteiger charge is 2.34. The SMILES string of the molecule is CN(C(=O)C1Cc2ccccc21)c1ccccc1C(=O)O. The van der Waals surface area contributed by atoms with Crippen molar-refractivity contribution >= 4 is 17.6 Å². The van der Waals surface area contributed by atoms with Gasteiger partial charge in [0.1, 0.15) is 0 Å². The summed E-state index contributed by atoms with van der Waals surface area (Å²) in [6, 6.07) is 14.4. The highest BCUT2D eigenvalue weighted by atomic mass is 16.4. The third-order valence-electron chi connectivity index (χ3n) is 3.98. The van der Waals surface area contributed by atoms with Gasteiger partial charge in [-0.1, -0.05) is 36.4 Å². The molecule has 0 aliphatic heterocycles. The number of anilines is 1. The van der Waals surface area contributed by atoms with E-state index in [1.54, 1.807) is 25.2 Å². The summed E-state index contributed by atoms with van der Waals surface area (Å²) in [4.78, 5) is 25.3. The van der Waals surface area contributed by atoms with Crippen LogP contribution < -0.4 is 4.90 Å². The number of hydrogen-bond donors (Lipinski definition) is 1. The van der Waals surface area contributed by atoms with E-state index in [2.05, 4.69) is 0 Å². The van der Waals surface area contributed by atoms with Crippen molar-refractivity contribution in [3.63, 3.8) is 0 Å². The number of fused-ring (bicyclic) bond motifs is 1. The lowest BCUT2D eigenvalue weighted by Crippen LogP contribution is -2.37. The number of para-hydroxylation sites is 1. The van der Waals surface area contributed by atoms with E-state index in [0.717, 1.165) is 5.56 Å². The maximum Gasteiger partial charge on any atom is 0.337 e. The van der Waals surface area contributed by atoms with Gasteiger partial charge in [-0.3, -0.25) is 4.79 Å². The second-order valence-corrected chi connectivity index (χ2v) is 5.18. The first-order chi connectivity index (χ1) is 10.1. The molecular weight excluding hydrogens is 266 g/mol.